The number of nitrogens with one attached hydrogen (secondary N) is 2. The summed E-state index contributed by atoms with van der Waals surface area (Å²) in [6, 6.07) is 13.3. The van der Waals surface area contributed by atoms with Crippen LogP contribution in [-0.4, -0.2) is 21.4 Å². The largest absolute Gasteiger partial charge is 0.438 e. The van der Waals surface area contributed by atoms with E-state index < -0.39 is 0 Å². The van der Waals surface area contributed by atoms with Crippen molar-refractivity contribution >= 4 is 23.1 Å². The smallest absolute Gasteiger partial charge is 0.238 e. The predicted octanol–water partition coefficient (Wildman–Crippen LogP) is 3.74. The third-order valence-corrected chi connectivity index (χ3v) is 3.17. The van der Waals surface area contributed by atoms with Gasteiger partial charge in [-0.25, -0.2) is 0 Å². The molecule has 1 heterocycles. The minimum Gasteiger partial charge on any atom is -0.438 e. The average molecular weight is 316 g/mol. The summed E-state index contributed by atoms with van der Waals surface area (Å²) in [5.74, 6) is 1.75. The molecule has 2 rings (SSSR count). The minimum absolute atomic E-state index is 0.332. The van der Waals surface area contributed by atoms with Crippen molar-refractivity contribution in [2.75, 3.05) is 5.32 Å². The summed E-state index contributed by atoms with van der Waals surface area (Å²) in [7, 11) is 0. The summed E-state index contributed by atoms with van der Waals surface area (Å²) >= 11 is 5.24. The number of rotatable bonds is 6. The number of ether oxygens (including phenoxy) is 1. The molecule has 2 aromatic rings. The maximum absolute atomic E-state index is 5.58. The van der Waals surface area contributed by atoms with Gasteiger partial charge in [-0.1, -0.05) is 31.5 Å². The maximum atomic E-state index is 5.58. The summed E-state index contributed by atoms with van der Waals surface area (Å²) in [4.78, 5) is 0. The first-order valence-electron chi connectivity index (χ1n) is 7.31. The van der Waals surface area contributed by atoms with Crippen LogP contribution in [0.5, 0.6) is 11.6 Å². The Labute approximate surface area is 136 Å². The zero-order valence-electron chi connectivity index (χ0n) is 12.7. The van der Waals surface area contributed by atoms with Crippen molar-refractivity contribution in [1.29, 1.82) is 0 Å². The van der Waals surface area contributed by atoms with E-state index in [0.717, 1.165) is 18.6 Å². The first-order valence-corrected chi connectivity index (χ1v) is 7.72. The van der Waals surface area contributed by atoms with Gasteiger partial charge in [-0.05, 0) is 43.8 Å². The van der Waals surface area contributed by atoms with Crippen LogP contribution in [0.2, 0.25) is 0 Å². The van der Waals surface area contributed by atoms with Crippen molar-refractivity contribution in [2.45, 2.75) is 32.7 Å². The second kappa shape index (κ2) is 8.29. The first kappa shape index (κ1) is 16.2. The van der Waals surface area contributed by atoms with E-state index in [1.807, 2.05) is 30.3 Å². The van der Waals surface area contributed by atoms with Crippen molar-refractivity contribution in [3.8, 4) is 11.6 Å². The molecule has 1 atom stereocenters. The van der Waals surface area contributed by atoms with Crippen LogP contribution >= 0.6 is 12.2 Å². The van der Waals surface area contributed by atoms with E-state index in [0.29, 0.717) is 22.9 Å². The molecular weight excluding hydrogens is 296 g/mol. The topological polar surface area (TPSA) is 59.1 Å². The molecule has 0 spiro atoms. The van der Waals surface area contributed by atoms with E-state index in [-0.39, 0.29) is 0 Å². The fourth-order valence-electron chi connectivity index (χ4n) is 1.93. The van der Waals surface area contributed by atoms with E-state index >= 15 is 0 Å². The molecule has 0 aliphatic heterocycles. The Balaban J connectivity index is 1.88. The molecule has 0 saturated carbocycles. The molecule has 5 nitrogen and oxygen atoms in total. The summed E-state index contributed by atoms with van der Waals surface area (Å²) < 4.78 is 5.58. The lowest BCUT2D eigenvalue weighted by Gasteiger charge is -2.15. The van der Waals surface area contributed by atoms with Gasteiger partial charge in [0, 0.05) is 12.1 Å². The Kier molecular flexibility index (Phi) is 6.09. The molecule has 0 aliphatic rings. The normalized spacial score (nSPS) is 11.5. The molecule has 0 bridgehead atoms. The third-order valence-electron chi connectivity index (χ3n) is 2.95. The highest BCUT2D eigenvalue weighted by molar-refractivity contribution is 7.80. The van der Waals surface area contributed by atoms with Crippen LogP contribution in [0.4, 0.5) is 5.82 Å². The van der Waals surface area contributed by atoms with Crippen LogP contribution in [0.15, 0.2) is 42.5 Å². The number of benzene rings is 1. The summed E-state index contributed by atoms with van der Waals surface area (Å²) in [6.07, 6.45) is 2.18. The SMILES string of the molecule is CCC[C@@H](C)NC(=S)Nc1ccc(Oc2ccccc2)nn1. The molecule has 0 saturated heterocycles. The van der Waals surface area contributed by atoms with E-state index in [9.17, 15) is 0 Å². The second-order valence-electron chi connectivity index (χ2n) is 4.96. The molecule has 22 heavy (non-hydrogen) atoms. The van der Waals surface area contributed by atoms with Gasteiger partial charge < -0.3 is 15.4 Å². The highest BCUT2D eigenvalue weighted by Crippen LogP contribution is 2.18. The van der Waals surface area contributed by atoms with Gasteiger partial charge >= 0.3 is 0 Å². The number of para-hydroxylation sites is 1. The van der Waals surface area contributed by atoms with Crippen LogP contribution in [-0.2, 0) is 0 Å². The molecule has 0 unspecified atom stereocenters. The molecule has 1 aromatic carbocycles. The summed E-state index contributed by atoms with van der Waals surface area (Å²) in [5, 5.41) is 14.8. The molecule has 1 aromatic heterocycles. The lowest BCUT2D eigenvalue weighted by molar-refractivity contribution is 0.455. The van der Waals surface area contributed by atoms with Gasteiger partial charge in [0.2, 0.25) is 5.88 Å². The van der Waals surface area contributed by atoms with Gasteiger partial charge in [0.15, 0.2) is 10.9 Å². The van der Waals surface area contributed by atoms with Crippen molar-refractivity contribution in [3.63, 3.8) is 0 Å². The van der Waals surface area contributed by atoms with Crippen LogP contribution in [0.1, 0.15) is 26.7 Å². The predicted molar refractivity (Wildman–Crippen MR) is 92.3 cm³/mol. The molecule has 6 heteroatoms. The van der Waals surface area contributed by atoms with Crippen LogP contribution in [0.25, 0.3) is 0 Å². The number of aromatic nitrogens is 2. The lowest BCUT2D eigenvalue weighted by atomic mass is 10.2. The number of anilines is 1. The molecule has 0 radical (unpaired) electrons. The van der Waals surface area contributed by atoms with Gasteiger partial charge in [-0.2, -0.15) is 0 Å². The third kappa shape index (κ3) is 5.29. The van der Waals surface area contributed by atoms with Gasteiger partial charge in [0.25, 0.3) is 0 Å². The van der Waals surface area contributed by atoms with Crippen LogP contribution in [0, 0.1) is 0 Å². The fraction of sp³-hybridized carbons (Fsp3) is 0.312. The standard InChI is InChI=1S/C16H20N4OS/c1-3-7-12(2)17-16(22)18-14-10-11-15(20-19-14)21-13-8-5-4-6-9-13/h4-6,8-12H,3,7H2,1-2H3,(H2,17,18,19,22)/t12-/m1/s1. The molecule has 0 fully saturated rings. The Bertz CT molecular complexity index is 589. The van der Waals surface area contributed by atoms with Crippen molar-refractivity contribution < 1.29 is 4.74 Å². The fourth-order valence-corrected chi connectivity index (χ4v) is 2.24. The van der Waals surface area contributed by atoms with Crippen molar-refractivity contribution in [2.24, 2.45) is 0 Å². The number of thiocarbonyl (C=S) groups is 1. The minimum atomic E-state index is 0.332. The average Bonchev–Trinajstić information content (AvgIpc) is 2.50. The van der Waals surface area contributed by atoms with E-state index in [4.69, 9.17) is 17.0 Å². The molecular formula is C16H20N4OS. The number of nitrogens with zero attached hydrogens (tertiary/aromatic N) is 2. The number of hydrogen-bond donors (Lipinski definition) is 2. The Morgan fingerprint density at radius 2 is 1.95 bits per heavy atom. The van der Waals surface area contributed by atoms with E-state index in [1.165, 1.54) is 0 Å². The van der Waals surface area contributed by atoms with Gasteiger partial charge in [0.1, 0.15) is 5.75 Å². The van der Waals surface area contributed by atoms with Crippen molar-refractivity contribution in [1.82, 2.24) is 15.5 Å². The Hall–Kier alpha value is -2.21. The van der Waals surface area contributed by atoms with Gasteiger partial charge in [-0.3, -0.25) is 0 Å². The first-order chi connectivity index (χ1) is 10.7. The van der Waals surface area contributed by atoms with Crippen LogP contribution in [0.3, 0.4) is 0 Å². The monoisotopic (exact) mass is 316 g/mol. The Morgan fingerprint density at radius 1 is 1.18 bits per heavy atom. The zero-order valence-corrected chi connectivity index (χ0v) is 13.6. The van der Waals surface area contributed by atoms with Gasteiger partial charge in [-0.15, -0.1) is 10.2 Å². The highest BCUT2D eigenvalue weighted by atomic mass is 32.1. The van der Waals surface area contributed by atoms with E-state index in [1.54, 1.807) is 12.1 Å². The summed E-state index contributed by atoms with van der Waals surface area (Å²) in [6.45, 7) is 4.24. The Morgan fingerprint density at radius 3 is 2.59 bits per heavy atom. The number of hydrogen-bond acceptors (Lipinski definition) is 4. The molecule has 2 N–H and O–H groups in total. The lowest BCUT2D eigenvalue weighted by Crippen LogP contribution is -2.35. The molecule has 0 amide bonds. The zero-order chi connectivity index (χ0) is 15.8. The summed E-state index contributed by atoms with van der Waals surface area (Å²) in [5.41, 5.74) is 0. The highest BCUT2D eigenvalue weighted by Gasteiger charge is 2.05. The van der Waals surface area contributed by atoms with Crippen LogP contribution < -0.4 is 15.4 Å². The quantitative estimate of drug-likeness (QED) is 0.792. The molecule has 116 valence electrons. The maximum Gasteiger partial charge on any atom is 0.238 e. The van der Waals surface area contributed by atoms with E-state index in [2.05, 4.69) is 34.7 Å². The van der Waals surface area contributed by atoms with Crippen molar-refractivity contribution in [3.05, 3.63) is 42.5 Å². The second-order valence-corrected chi connectivity index (χ2v) is 5.37. The molecule has 0 aliphatic carbocycles. The van der Waals surface area contributed by atoms with Gasteiger partial charge in [0.05, 0.1) is 0 Å².